The summed E-state index contributed by atoms with van der Waals surface area (Å²) in [5.41, 5.74) is 0.869. The van der Waals surface area contributed by atoms with E-state index in [1.165, 1.54) is 0 Å². The van der Waals surface area contributed by atoms with E-state index < -0.39 is 5.24 Å². The molecule has 0 saturated carbocycles. The van der Waals surface area contributed by atoms with Crippen LogP contribution in [-0.4, -0.2) is 11.1 Å². The fraction of sp³-hybridized carbons (Fsp3) is 0.143. The molecule has 1 aromatic rings. The van der Waals surface area contributed by atoms with Crippen LogP contribution < -0.4 is 5.32 Å². The third-order valence-electron chi connectivity index (χ3n) is 1.65. The molecule has 0 unspecified atom stereocenters. The fourth-order valence-corrected chi connectivity index (χ4v) is 2.20. The molecule has 1 aliphatic rings. The van der Waals surface area contributed by atoms with Gasteiger partial charge in [-0.1, -0.05) is 0 Å². The van der Waals surface area contributed by atoms with Crippen LogP contribution in [0.2, 0.25) is 0 Å². The Morgan fingerprint density at radius 2 is 2.42 bits per heavy atom. The quantitative estimate of drug-likeness (QED) is 0.698. The van der Waals surface area contributed by atoms with Gasteiger partial charge in [-0.15, -0.1) is 11.3 Å². The number of fused-ring (bicyclic) bond motifs is 1. The summed E-state index contributed by atoms with van der Waals surface area (Å²) in [6.45, 7) is 0.509. The van der Waals surface area contributed by atoms with Crippen LogP contribution in [0.25, 0.3) is 0 Å². The lowest BCUT2D eigenvalue weighted by molar-refractivity contribution is 0.0969. The van der Waals surface area contributed by atoms with E-state index in [2.05, 4.69) is 5.32 Å². The maximum absolute atomic E-state index is 11.0. The van der Waals surface area contributed by atoms with Gasteiger partial charge in [0.15, 0.2) is 0 Å². The highest BCUT2D eigenvalue weighted by Crippen LogP contribution is 2.27. The standard InChI is InChI=1S/C7H4ClNO2S/c8-6(10)4-1-3-2-9-7(11)5(3)12-4/h1H,2H2,(H,9,11). The molecule has 0 spiro atoms. The van der Waals surface area contributed by atoms with E-state index in [0.29, 0.717) is 16.3 Å². The lowest BCUT2D eigenvalue weighted by Gasteiger charge is -1.88. The van der Waals surface area contributed by atoms with Crippen LogP contribution in [0.3, 0.4) is 0 Å². The molecule has 1 amide bonds. The van der Waals surface area contributed by atoms with E-state index in [9.17, 15) is 9.59 Å². The van der Waals surface area contributed by atoms with Gasteiger partial charge in [-0.2, -0.15) is 0 Å². The molecule has 2 rings (SSSR count). The number of nitrogens with one attached hydrogen (secondary N) is 1. The molecule has 1 aliphatic heterocycles. The number of amides is 1. The van der Waals surface area contributed by atoms with Gasteiger partial charge in [0.05, 0.1) is 9.75 Å². The van der Waals surface area contributed by atoms with Crippen LogP contribution in [0.1, 0.15) is 24.9 Å². The summed E-state index contributed by atoms with van der Waals surface area (Å²) in [7, 11) is 0. The number of rotatable bonds is 1. The van der Waals surface area contributed by atoms with E-state index >= 15 is 0 Å². The first-order chi connectivity index (χ1) is 5.68. The average molecular weight is 202 g/mol. The summed E-state index contributed by atoms with van der Waals surface area (Å²) in [5.74, 6) is -0.112. The van der Waals surface area contributed by atoms with Crippen molar-refractivity contribution >= 4 is 34.1 Å². The van der Waals surface area contributed by atoms with Gasteiger partial charge in [-0.3, -0.25) is 9.59 Å². The molecular weight excluding hydrogens is 198 g/mol. The van der Waals surface area contributed by atoms with Crippen LogP contribution in [-0.2, 0) is 6.54 Å². The SMILES string of the molecule is O=C(Cl)c1cc2c(s1)C(=O)NC2. The monoisotopic (exact) mass is 201 g/mol. The molecule has 3 nitrogen and oxygen atoms in total. The Labute approximate surface area is 77.3 Å². The molecule has 1 aromatic heterocycles. The topological polar surface area (TPSA) is 46.2 Å². The van der Waals surface area contributed by atoms with E-state index in [0.717, 1.165) is 16.9 Å². The maximum atomic E-state index is 11.0. The number of carbonyl (C=O) groups excluding carboxylic acids is 2. The van der Waals surface area contributed by atoms with Gasteiger partial charge in [-0.25, -0.2) is 0 Å². The highest BCUT2D eigenvalue weighted by Gasteiger charge is 2.23. The minimum atomic E-state index is -0.498. The second-order valence-electron chi connectivity index (χ2n) is 2.42. The van der Waals surface area contributed by atoms with Crippen LogP contribution >= 0.6 is 22.9 Å². The molecule has 0 bridgehead atoms. The number of hydrogen-bond donors (Lipinski definition) is 1. The van der Waals surface area contributed by atoms with Gasteiger partial charge in [0, 0.05) is 6.54 Å². The molecule has 5 heteroatoms. The summed E-state index contributed by atoms with van der Waals surface area (Å²) in [6, 6.07) is 1.66. The minimum absolute atomic E-state index is 0.112. The number of carbonyl (C=O) groups is 2. The highest BCUT2D eigenvalue weighted by molar-refractivity contribution is 7.17. The van der Waals surface area contributed by atoms with Crippen molar-refractivity contribution < 1.29 is 9.59 Å². The molecular formula is C7H4ClNO2S. The second-order valence-corrected chi connectivity index (χ2v) is 3.82. The third kappa shape index (κ3) is 1.04. The van der Waals surface area contributed by atoms with Crippen LogP contribution in [0.15, 0.2) is 6.07 Å². The Bertz CT molecular complexity index is 371. The van der Waals surface area contributed by atoms with Crippen molar-refractivity contribution in [3.63, 3.8) is 0 Å². The van der Waals surface area contributed by atoms with Crippen molar-refractivity contribution in [3.8, 4) is 0 Å². The van der Waals surface area contributed by atoms with Crippen molar-refractivity contribution in [1.82, 2.24) is 5.32 Å². The second kappa shape index (κ2) is 2.57. The van der Waals surface area contributed by atoms with Crippen molar-refractivity contribution in [3.05, 3.63) is 21.4 Å². The Hall–Kier alpha value is -0.870. The summed E-state index contributed by atoms with van der Waals surface area (Å²) in [4.78, 5) is 22.8. The highest BCUT2D eigenvalue weighted by atomic mass is 35.5. The number of thiophene rings is 1. The first kappa shape index (κ1) is 7.76. The first-order valence-corrected chi connectivity index (χ1v) is 4.48. The Morgan fingerprint density at radius 3 is 3.00 bits per heavy atom. The normalized spacial score (nSPS) is 14.2. The van der Waals surface area contributed by atoms with Crippen molar-refractivity contribution in [2.24, 2.45) is 0 Å². The summed E-state index contributed by atoms with van der Waals surface area (Å²) in [6.07, 6.45) is 0. The molecule has 0 aromatic carbocycles. The van der Waals surface area contributed by atoms with Crippen LogP contribution in [0.5, 0.6) is 0 Å². The molecule has 0 aliphatic carbocycles. The predicted octanol–water partition coefficient (Wildman–Crippen LogP) is 1.37. The first-order valence-electron chi connectivity index (χ1n) is 3.29. The molecule has 2 heterocycles. The van der Waals surface area contributed by atoms with Crippen molar-refractivity contribution in [1.29, 1.82) is 0 Å². The number of hydrogen-bond acceptors (Lipinski definition) is 3. The van der Waals surface area contributed by atoms with E-state index in [-0.39, 0.29) is 5.91 Å². The largest absolute Gasteiger partial charge is 0.347 e. The van der Waals surface area contributed by atoms with E-state index in [4.69, 9.17) is 11.6 Å². The zero-order valence-corrected chi connectivity index (χ0v) is 7.46. The average Bonchev–Trinajstić information content (AvgIpc) is 2.53. The zero-order valence-electron chi connectivity index (χ0n) is 5.89. The molecule has 0 fully saturated rings. The van der Waals surface area contributed by atoms with Gasteiger partial charge in [0.25, 0.3) is 11.1 Å². The fourth-order valence-electron chi connectivity index (χ4n) is 1.10. The maximum Gasteiger partial charge on any atom is 0.262 e. The summed E-state index contributed by atoms with van der Waals surface area (Å²) < 4.78 is 0. The van der Waals surface area contributed by atoms with E-state index in [1.54, 1.807) is 6.07 Å². The molecule has 1 N–H and O–H groups in total. The van der Waals surface area contributed by atoms with E-state index in [1.807, 2.05) is 0 Å². The molecule has 0 saturated heterocycles. The molecule has 62 valence electrons. The Balaban J connectivity index is 2.49. The van der Waals surface area contributed by atoms with Gasteiger partial charge in [0.2, 0.25) is 0 Å². The Morgan fingerprint density at radius 1 is 1.67 bits per heavy atom. The zero-order chi connectivity index (χ0) is 8.72. The molecule has 12 heavy (non-hydrogen) atoms. The van der Waals surface area contributed by atoms with Gasteiger partial charge >= 0.3 is 0 Å². The molecule has 0 radical (unpaired) electrons. The lowest BCUT2D eigenvalue weighted by Crippen LogP contribution is -2.12. The smallest absolute Gasteiger partial charge is 0.262 e. The van der Waals surface area contributed by atoms with Gasteiger partial charge in [0.1, 0.15) is 0 Å². The number of halogens is 1. The summed E-state index contributed by atoms with van der Waals surface area (Å²) in [5, 5.41) is 2.15. The van der Waals surface area contributed by atoms with Crippen LogP contribution in [0, 0.1) is 0 Å². The predicted molar refractivity (Wildman–Crippen MR) is 45.7 cm³/mol. The Kier molecular flexibility index (Phi) is 1.66. The minimum Gasteiger partial charge on any atom is -0.347 e. The van der Waals surface area contributed by atoms with Gasteiger partial charge < -0.3 is 5.32 Å². The van der Waals surface area contributed by atoms with Gasteiger partial charge in [-0.05, 0) is 23.2 Å². The molecule has 0 atom stereocenters. The van der Waals surface area contributed by atoms with Crippen molar-refractivity contribution in [2.75, 3.05) is 0 Å². The third-order valence-corrected chi connectivity index (χ3v) is 3.14. The summed E-state index contributed by atoms with van der Waals surface area (Å²) >= 11 is 6.40. The van der Waals surface area contributed by atoms with Crippen LogP contribution in [0.4, 0.5) is 0 Å². The van der Waals surface area contributed by atoms with Crippen molar-refractivity contribution in [2.45, 2.75) is 6.54 Å². The lowest BCUT2D eigenvalue weighted by atomic mass is 10.3.